The molecule has 0 saturated carbocycles. The number of hydrogen-bond acceptors (Lipinski definition) is 3. The topological polar surface area (TPSA) is 33.5 Å². The summed E-state index contributed by atoms with van der Waals surface area (Å²) in [5, 5.41) is 0. The Morgan fingerprint density at radius 3 is 2.65 bits per heavy atom. The van der Waals surface area contributed by atoms with Crippen molar-refractivity contribution in [2.24, 2.45) is 0 Å². The van der Waals surface area contributed by atoms with Crippen LogP contribution in [0.4, 0.5) is 4.39 Å². The first-order valence-electron chi connectivity index (χ1n) is 6.53. The van der Waals surface area contributed by atoms with Crippen LogP contribution in [-0.2, 0) is 17.8 Å². The van der Waals surface area contributed by atoms with Gasteiger partial charge in [-0.2, -0.15) is 0 Å². The lowest BCUT2D eigenvalue weighted by Gasteiger charge is -2.14. The van der Waals surface area contributed by atoms with Crippen molar-refractivity contribution < 1.29 is 13.6 Å². The minimum Gasteiger partial charge on any atom is -0.465 e. The molecule has 0 atom stereocenters. The van der Waals surface area contributed by atoms with E-state index in [1.54, 1.807) is 18.2 Å². The zero-order valence-electron chi connectivity index (χ0n) is 11.7. The first-order chi connectivity index (χ1) is 9.54. The Kier molecular flexibility index (Phi) is 4.69. The summed E-state index contributed by atoms with van der Waals surface area (Å²) < 4.78 is 18.9. The van der Waals surface area contributed by atoms with E-state index in [9.17, 15) is 9.18 Å². The van der Waals surface area contributed by atoms with Crippen LogP contribution in [0.3, 0.4) is 0 Å². The SMILES string of the molecule is Cc1ccc(CN(C)CC(=O)Cc2ccccc2F)o1. The van der Waals surface area contributed by atoms with Crippen LogP contribution in [0.2, 0.25) is 0 Å². The van der Waals surface area contributed by atoms with Gasteiger partial charge in [0, 0.05) is 6.42 Å². The summed E-state index contributed by atoms with van der Waals surface area (Å²) in [6.07, 6.45) is 0.119. The average molecular weight is 275 g/mol. The molecule has 2 aromatic rings. The van der Waals surface area contributed by atoms with Gasteiger partial charge in [-0.3, -0.25) is 9.69 Å². The summed E-state index contributed by atoms with van der Waals surface area (Å²) in [7, 11) is 1.84. The van der Waals surface area contributed by atoms with Crippen molar-refractivity contribution in [2.45, 2.75) is 19.9 Å². The van der Waals surface area contributed by atoms with Crippen molar-refractivity contribution in [3.63, 3.8) is 0 Å². The molecule has 1 heterocycles. The first-order valence-corrected chi connectivity index (χ1v) is 6.53. The third-order valence-electron chi connectivity index (χ3n) is 3.01. The summed E-state index contributed by atoms with van der Waals surface area (Å²) in [6.45, 7) is 2.72. The summed E-state index contributed by atoms with van der Waals surface area (Å²) in [4.78, 5) is 13.8. The Morgan fingerprint density at radius 1 is 1.25 bits per heavy atom. The van der Waals surface area contributed by atoms with Gasteiger partial charge in [0.05, 0.1) is 13.1 Å². The molecule has 0 aliphatic carbocycles. The van der Waals surface area contributed by atoms with E-state index in [0.717, 1.165) is 11.5 Å². The Hall–Kier alpha value is -1.94. The highest BCUT2D eigenvalue weighted by Gasteiger charge is 2.11. The molecule has 0 fully saturated rings. The van der Waals surface area contributed by atoms with Crippen LogP contribution in [0.25, 0.3) is 0 Å². The number of carbonyl (C=O) groups excluding carboxylic acids is 1. The van der Waals surface area contributed by atoms with Crippen molar-refractivity contribution in [3.8, 4) is 0 Å². The van der Waals surface area contributed by atoms with Crippen molar-refractivity contribution in [3.05, 3.63) is 59.3 Å². The second kappa shape index (κ2) is 6.48. The van der Waals surface area contributed by atoms with Gasteiger partial charge in [-0.1, -0.05) is 18.2 Å². The minimum absolute atomic E-state index is 0.0131. The number of rotatable bonds is 6. The summed E-state index contributed by atoms with van der Waals surface area (Å²) >= 11 is 0. The van der Waals surface area contributed by atoms with Crippen molar-refractivity contribution in [1.82, 2.24) is 4.90 Å². The number of aryl methyl sites for hydroxylation is 1. The Bertz CT molecular complexity index is 592. The van der Waals surface area contributed by atoms with E-state index >= 15 is 0 Å². The van der Waals surface area contributed by atoms with Gasteiger partial charge in [-0.15, -0.1) is 0 Å². The third-order valence-corrected chi connectivity index (χ3v) is 3.01. The number of nitrogens with zero attached hydrogens (tertiary/aromatic N) is 1. The lowest BCUT2D eigenvalue weighted by molar-refractivity contribution is -0.119. The Balaban J connectivity index is 1.86. The number of likely N-dealkylation sites (N-methyl/N-ethyl adjacent to an activating group) is 1. The number of hydrogen-bond donors (Lipinski definition) is 0. The molecular formula is C16H18FNO2. The monoisotopic (exact) mass is 275 g/mol. The zero-order valence-corrected chi connectivity index (χ0v) is 11.7. The second-order valence-corrected chi connectivity index (χ2v) is 4.99. The normalized spacial score (nSPS) is 11.0. The summed E-state index contributed by atoms with van der Waals surface area (Å²) in [5.41, 5.74) is 0.444. The molecule has 0 aliphatic heterocycles. The van der Waals surface area contributed by atoms with Gasteiger partial charge in [0.1, 0.15) is 17.3 Å². The number of furan rings is 1. The molecule has 0 bridgehead atoms. The molecule has 20 heavy (non-hydrogen) atoms. The van der Waals surface area contributed by atoms with Gasteiger partial charge < -0.3 is 4.42 Å². The second-order valence-electron chi connectivity index (χ2n) is 4.99. The molecule has 1 aromatic heterocycles. The van der Waals surface area contributed by atoms with Crippen molar-refractivity contribution >= 4 is 5.78 Å². The molecule has 0 N–H and O–H groups in total. The molecule has 0 amide bonds. The number of halogens is 1. The van der Waals surface area contributed by atoms with Crippen molar-refractivity contribution in [1.29, 1.82) is 0 Å². The Labute approximate surface area is 118 Å². The molecule has 0 unspecified atom stereocenters. The van der Waals surface area contributed by atoms with Gasteiger partial charge in [0.25, 0.3) is 0 Å². The molecule has 4 heteroatoms. The van der Waals surface area contributed by atoms with Crippen LogP contribution in [0.5, 0.6) is 0 Å². The molecule has 0 saturated heterocycles. The predicted molar refractivity (Wildman–Crippen MR) is 74.9 cm³/mol. The van der Waals surface area contributed by atoms with Gasteiger partial charge in [-0.05, 0) is 37.7 Å². The molecule has 0 spiro atoms. The smallest absolute Gasteiger partial charge is 0.151 e. The fourth-order valence-corrected chi connectivity index (χ4v) is 2.10. The molecular weight excluding hydrogens is 257 g/mol. The maximum absolute atomic E-state index is 13.5. The van der Waals surface area contributed by atoms with Crippen LogP contribution in [0.1, 0.15) is 17.1 Å². The molecule has 0 aliphatic rings. The van der Waals surface area contributed by atoms with E-state index in [1.165, 1.54) is 6.07 Å². The number of Topliss-reactive ketones (excluding diaryl/α,β-unsaturated/α-hetero) is 1. The standard InChI is InChI=1S/C16H18FNO2/c1-12-7-8-15(20-12)11-18(2)10-14(19)9-13-5-3-4-6-16(13)17/h3-8H,9-11H2,1-2H3. The fourth-order valence-electron chi connectivity index (χ4n) is 2.10. The predicted octanol–water partition coefficient (Wildman–Crippen LogP) is 2.97. The fraction of sp³-hybridized carbons (Fsp3) is 0.312. The highest BCUT2D eigenvalue weighted by atomic mass is 19.1. The molecule has 3 nitrogen and oxygen atoms in total. The maximum Gasteiger partial charge on any atom is 0.151 e. The van der Waals surface area contributed by atoms with Crippen LogP contribution in [-0.4, -0.2) is 24.3 Å². The average Bonchev–Trinajstić information content (AvgIpc) is 2.77. The van der Waals surface area contributed by atoms with E-state index in [-0.39, 0.29) is 24.6 Å². The number of ketones is 1. The van der Waals surface area contributed by atoms with E-state index in [2.05, 4.69) is 0 Å². The van der Waals surface area contributed by atoms with E-state index in [4.69, 9.17) is 4.42 Å². The molecule has 106 valence electrons. The van der Waals surface area contributed by atoms with E-state index in [0.29, 0.717) is 12.1 Å². The third kappa shape index (κ3) is 4.03. The van der Waals surface area contributed by atoms with Gasteiger partial charge in [0.2, 0.25) is 0 Å². The van der Waals surface area contributed by atoms with Crippen LogP contribution in [0, 0.1) is 12.7 Å². The molecule has 2 rings (SSSR count). The Morgan fingerprint density at radius 2 is 2.00 bits per heavy atom. The maximum atomic E-state index is 13.5. The van der Waals surface area contributed by atoms with E-state index in [1.807, 2.05) is 31.0 Å². The quantitative estimate of drug-likeness (QED) is 0.812. The molecule has 0 radical (unpaired) electrons. The van der Waals surface area contributed by atoms with Gasteiger partial charge in [-0.25, -0.2) is 4.39 Å². The minimum atomic E-state index is -0.329. The zero-order chi connectivity index (χ0) is 14.5. The van der Waals surface area contributed by atoms with Crippen LogP contribution < -0.4 is 0 Å². The number of carbonyl (C=O) groups is 1. The highest BCUT2D eigenvalue weighted by molar-refractivity contribution is 5.82. The highest BCUT2D eigenvalue weighted by Crippen LogP contribution is 2.10. The van der Waals surface area contributed by atoms with Crippen LogP contribution >= 0.6 is 0 Å². The van der Waals surface area contributed by atoms with Gasteiger partial charge >= 0.3 is 0 Å². The summed E-state index contributed by atoms with van der Waals surface area (Å²) in [5.74, 6) is 1.33. The lowest BCUT2D eigenvalue weighted by atomic mass is 10.1. The largest absolute Gasteiger partial charge is 0.465 e. The van der Waals surface area contributed by atoms with E-state index < -0.39 is 0 Å². The van der Waals surface area contributed by atoms with Crippen LogP contribution in [0.15, 0.2) is 40.8 Å². The van der Waals surface area contributed by atoms with Crippen molar-refractivity contribution in [2.75, 3.05) is 13.6 Å². The number of benzene rings is 1. The first kappa shape index (κ1) is 14.5. The molecule has 1 aromatic carbocycles. The lowest BCUT2D eigenvalue weighted by Crippen LogP contribution is -2.26. The summed E-state index contributed by atoms with van der Waals surface area (Å²) in [6, 6.07) is 10.2. The van der Waals surface area contributed by atoms with Gasteiger partial charge in [0.15, 0.2) is 5.78 Å².